The van der Waals surface area contributed by atoms with E-state index in [2.05, 4.69) is 20.7 Å². The average molecular weight is 498 g/mol. The Morgan fingerprint density at radius 1 is 0.919 bits per heavy atom. The number of aryl methyl sites for hydroxylation is 1. The van der Waals surface area contributed by atoms with Crippen molar-refractivity contribution in [2.45, 2.75) is 20.0 Å². The van der Waals surface area contributed by atoms with E-state index < -0.39 is 17.6 Å². The van der Waals surface area contributed by atoms with E-state index in [0.717, 1.165) is 11.1 Å². The van der Waals surface area contributed by atoms with Crippen LogP contribution >= 0.6 is 0 Å². The fraction of sp³-hybridized carbons (Fsp3) is 0.154. The van der Waals surface area contributed by atoms with Crippen LogP contribution in [0.15, 0.2) is 70.0 Å². The lowest BCUT2D eigenvalue weighted by molar-refractivity contribution is 0.0941. The second-order valence-electron chi connectivity index (χ2n) is 8.48. The van der Waals surface area contributed by atoms with Crippen molar-refractivity contribution in [2.75, 3.05) is 0 Å². The highest BCUT2D eigenvalue weighted by Crippen LogP contribution is 2.15. The Balaban J connectivity index is 1.32. The van der Waals surface area contributed by atoms with Gasteiger partial charge in [0.1, 0.15) is 11.4 Å². The minimum Gasteiger partial charge on any atom is -0.408 e. The second-order valence-corrected chi connectivity index (χ2v) is 8.48. The number of fused-ring (bicyclic) bond motifs is 2. The predicted octanol–water partition coefficient (Wildman–Crippen LogP) is 2.24. The zero-order chi connectivity index (χ0) is 26.1. The molecular formula is C26H22N6O5. The molecule has 0 saturated heterocycles. The van der Waals surface area contributed by atoms with Crippen molar-refractivity contribution in [3.63, 3.8) is 0 Å². The molecule has 3 aromatic heterocycles. The molecule has 0 bridgehead atoms. The summed E-state index contributed by atoms with van der Waals surface area (Å²) in [5.74, 6) is -1.41. The highest BCUT2D eigenvalue weighted by Gasteiger charge is 2.18. The Hall–Kier alpha value is -5.06. The second kappa shape index (κ2) is 9.53. The van der Waals surface area contributed by atoms with Crippen LogP contribution in [0.4, 0.5) is 0 Å². The van der Waals surface area contributed by atoms with E-state index in [1.54, 1.807) is 55.6 Å². The van der Waals surface area contributed by atoms with E-state index in [1.165, 1.54) is 28.3 Å². The van der Waals surface area contributed by atoms with Gasteiger partial charge in [-0.25, -0.2) is 14.3 Å². The van der Waals surface area contributed by atoms with Crippen LogP contribution in [0.2, 0.25) is 0 Å². The number of oxazole rings is 1. The number of carbonyl (C=O) groups excluding carboxylic acids is 3. The number of hydrogen-bond donors (Lipinski definition) is 2. The van der Waals surface area contributed by atoms with Crippen molar-refractivity contribution < 1.29 is 18.8 Å². The predicted molar refractivity (Wildman–Crippen MR) is 133 cm³/mol. The number of rotatable bonds is 7. The van der Waals surface area contributed by atoms with Gasteiger partial charge in [-0.15, -0.1) is 0 Å². The standard InChI is InChI=1S/C26H22N6O5/c1-15(33)18-6-3-16(4-7-18)13-28-25(35)21-12-19(30-23-9-10-29-32(21)23)24(34)27-14-17-5-8-22-20(11-17)31(2)26(36)37-22/h3-12H,13-14H2,1-2H3,(H,27,34)(H,28,35). The zero-order valence-electron chi connectivity index (χ0n) is 20.0. The molecule has 0 saturated carbocycles. The van der Waals surface area contributed by atoms with E-state index >= 15 is 0 Å². The molecule has 186 valence electrons. The molecule has 11 nitrogen and oxygen atoms in total. The van der Waals surface area contributed by atoms with Crippen molar-refractivity contribution in [1.82, 2.24) is 29.8 Å². The highest BCUT2D eigenvalue weighted by molar-refractivity contribution is 5.98. The summed E-state index contributed by atoms with van der Waals surface area (Å²) < 4.78 is 7.88. The molecule has 0 atom stereocenters. The van der Waals surface area contributed by atoms with E-state index in [1.807, 2.05) is 0 Å². The van der Waals surface area contributed by atoms with Crippen LogP contribution < -0.4 is 16.4 Å². The minimum atomic E-state index is -0.473. The number of aromatic nitrogens is 4. The maximum atomic E-state index is 13.0. The average Bonchev–Trinajstić information content (AvgIpc) is 3.49. The zero-order valence-corrected chi connectivity index (χ0v) is 20.0. The van der Waals surface area contributed by atoms with Gasteiger partial charge in [0.05, 0.1) is 11.7 Å². The van der Waals surface area contributed by atoms with Crippen LogP contribution in [0.3, 0.4) is 0 Å². The maximum absolute atomic E-state index is 13.0. The Morgan fingerprint density at radius 2 is 1.62 bits per heavy atom. The van der Waals surface area contributed by atoms with Gasteiger partial charge in [-0.2, -0.15) is 5.10 Å². The van der Waals surface area contributed by atoms with Gasteiger partial charge < -0.3 is 15.1 Å². The first-order valence-electron chi connectivity index (χ1n) is 11.4. The van der Waals surface area contributed by atoms with Crippen LogP contribution in [-0.2, 0) is 20.1 Å². The molecule has 0 aliphatic carbocycles. The van der Waals surface area contributed by atoms with Gasteiger partial charge in [-0.1, -0.05) is 30.3 Å². The summed E-state index contributed by atoms with van der Waals surface area (Å²) in [5.41, 5.74) is 3.79. The Bertz CT molecular complexity index is 1730. The van der Waals surface area contributed by atoms with Gasteiger partial charge >= 0.3 is 5.76 Å². The molecule has 37 heavy (non-hydrogen) atoms. The van der Waals surface area contributed by atoms with Gasteiger partial charge in [-0.05, 0) is 30.2 Å². The number of amides is 2. The third-order valence-corrected chi connectivity index (χ3v) is 5.95. The van der Waals surface area contributed by atoms with Crippen LogP contribution in [0, 0.1) is 0 Å². The van der Waals surface area contributed by atoms with E-state index in [4.69, 9.17) is 4.42 Å². The molecule has 5 aromatic rings. The summed E-state index contributed by atoms with van der Waals surface area (Å²) in [7, 11) is 1.61. The third kappa shape index (κ3) is 4.74. The number of hydrogen-bond acceptors (Lipinski definition) is 7. The molecule has 5 rings (SSSR count). The van der Waals surface area contributed by atoms with Gasteiger partial charge in [0.25, 0.3) is 11.8 Å². The number of ketones is 1. The van der Waals surface area contributed by atoms with Crippen LogP contribution in [0.25, 0.3) is 16.7 Å². The fourth-order valence-corrected chi connectivity index (χ4v) is 3.88. The topological polar surface area (TPSA) is 141 Å². The van der Waals surface area contributed by atoms with Gasteiger partial charge in [0, 0.05) is 37.8 Å². The number of benzene rings is 2. The summed E-state index contributed by atoms with van der Waals surface area (Å²) in [6.07, 6.45) is 1.49. The monoisotopic (exact) mass is 498 g/mol. The van der Waals surface area contributed by atoms with Crippen LogP contribution in [0.1, 0.15) is 49.4 Å². The van der Waals surface area contributed by atoms with Crippen LogP contribution in [-0.4, -0.2) is 36.8 Å². The first kappa shape index (κ1) is 23.7. The summed E-state index contributed by atoms with van der Waals surface area (Å²) in [4.78, 5) is 53.4. The number of carbonyl (C=O) groups is 3. The molecule has 11 heteroatoms. The smallest absolute Gasteiger partial charge is 0.408 e. The normalized spacial score (nSPS) is 11.1. The first-order chi connectivity index (χ1) is 17.8. The largest absolute Gasteiger partial charge is 0.419 e. The molecule has 0 aliphatic heterocycles. The Morgan fingerprint density at radius 3 is 2.38 bits per heavy atom. The highest BCUT2D eigenvalue weighted by atomic mass is 16.4. The van der Waals surface area contributed by atoms with E-state index in [9.17, 15) is 19.2 Å². The number of Topliss-reactive ketones (excluding diaryl/α,β-unsaturated/α-hetero) is 1. The maximum Gasteiger partial charge on any atom is 0.419 e. The minimum absolute atomic E-state index is 0.0353. The molecule has 0 fully saturated rings. The molecule has 3 heterocycles. The van der Waals surface area contributed by atoms with Gasteiger partial charge in [-0.3, -0.25) is 19.0 Å². The SMILES string of the molecule is CC(=O)c1ccc(CNC(=O)c2cc(C(=O)NCc3ccc4oc(=O)n(C)c4c3)nc3ccnn23)cc1. The fourth-order valence-electron chi connectivity index (χ4n) is 3.88. The first-order valence-corrected chi connectivity index (χ1v) is 11.4. The summed E-state index contributed by atoms with van der Waals surface area (Å²) >= 11 is 0. The lowest BCUT2D eigenvalue weighted by Crippen LogP contribution is -2.28. The van der Waals surface area contributed by atoms with Crippen molar-refractivity contribution in [2.24, 2.45) is 7.05 Å². The summed E-state index contributed by atoms with van der Waals surface area (Å²) in [6.45, 7) is 1.89. The number of nitrogens with zero attached hydrogens (tertiary/aromatic N) is 4. The lowest BCUT2D eigenvalue weighted by Gasteiger charge is -2.10. The molecule has 2 aromatic carbocycles. The lowest BCUT2D eigenvalue weighted by atomic mass is 10.1. The molecule has 2 amide bonds. The number of nitrogens with one attached hydrogen (secondary N) is 2. The summed E-state index contributed by atoms with van der Waals surface area (Å²) in [6, 6.07) is 15.1. The molecule has 2 N–H and O–H groups in total. The van der Waals surface area contributed by atoms with Crippen molar-refractivity contribution in [3.8, 4) is 0 Å². The molecule has 0 aliphatic rings. The van der Waals surface area contributed by atoms with Gasteiger partial charge in [0.2, 0.25) is 0 Å². The van der Waals surface area contributed by atoms with Crippen molar-refractivity contribution >= 4 is 34.3 Å². The van der Waals surface area contributed by atoms with E-state index in [-0.39, 0.29) is 30.3 Å². The van der Waals surface area contributed by atoms with Crippen molar-refractivity contribution in [1.29, 1.82) is 0 Å². The van der Waals surface area contributed by atoms with Crippen molar-refractivity contribution in [3.05, 3.63) is 99.4 Å². The molecule has 0 radical (unpaired) electrons. The van der Waals surface area contributed by atoms with Gasteiger partial charge in [0.15, 0.2) is 17.0 Å². The quantitative estimate of drug-likeness (QED) is 0.328. The van der Waals surface area contributed by atoms with Crippen LogP contribution in [0.5, 0.6) is 0 Å². The Kier molecular flexibility index (Phi) is 6.10. The third-order valence-electron chi connectivity index (χ3n) is 5.95. The molecular weight excluding hydrogens is 476 g/mol. The summed E-state index contributed by atoms with van der Waals surface area (Å²) in [5, 5.41) is 9.75. The Labute approximate surface area is 209 Å². The van der Waals surface area contributed by atoms with E-state index in [0.29, 0.717) is 22.3 Å². The molecule has 0 unspecified atom stereocenters. The molecule has 0 spiro atoms.